The van der Waals surface area contributed by atoms with E-state index in [9.17, 15) is 55.9 Å². The molecule has 0 aliphatic rings. The molecule has 0 N–H and O–H groups in total. The van der Waals surface area contributed by atoms with Crippen LogP contribution in [0.5, 0.6) is 23.0 Å². The monoisotopic (exact) mass is 1660 g/mol. The molecule has 0 radical (unpaired) electrons. The van der Waals surface area contributed by atoms with Gasteiger partial charge in [-0.3, -0.25) is 19.2 Å². The number of hydrogen-bond donors (Lipinski definition) is 0. The van der Waals surface area contributed by atoms with Gasteiger partial charge in [-0.15, -0.1) is 45.3 Å². The van der Waals surface area contributed by atoms with Crippen LogP contribution in [0.15, 0.2) is 165 Å². The van der Waals surface area contributed by atoms with E-state index >= 15 is 0 Å². The highest BCUT2D eigenvalue weighted by atomic mass is 32.1. The van der Waals surface area contributed by atoms with Crippen LogP contribution >= 0.6 is 45.3 Å². The minimum Gasteiger partial charge on any atom is -0.480 e. The zero-order valence-electron chi connectivity index (χ0n) is 61.7. The average molecular weight is 1660 g/mol. The highest BCUT2D eigenvalue weighted by Gasteiger charge is 2.33. The molecule has 115 heavy (non-hydrogen) atoms. The minimum atomic E-state index is -1.03. The molecule has 32 heteroatoms. The number of hydrogen-bond acceptors (Lipinski definition) is 28. The van der Waals surface area contributed by atoms with E-state index in [1.807, 2.05) is 0 Å². The van der Waals surface area contributed by atoms with Gasteiger partial charge in [-0.1, -0.05) is 48.5 Å². The molecule has 0 unspecified atom stereocenters. The van der Waals surface area contributed by atoms with Crippen LogP contribution in [0.25, 0.3) is 80.7 Å². The third-order valence-electron chi connectivity index (χ3n) is 17.4. The minimum absolute atomic E-state index is 0.0152. The number of ether oxygens (including phenoxy) is 16. The second kappa shape index (κ2) is 41.9. The van der Waals surface area contributed by atoms with E-state index in [-0.39, 0.29) is 195 Å². The number of fused-ring (bicyclic) bond motifs is 8. The van der Waals surface area contributed by atoms with E-state index in [2.05, 4.69) is 0 Å². The third kappa shape index (κ3) is 22.3. The molecule has 8 aromatic carbocycles. The Morgan fingerprint density at radius 2 is 0.496 bits per heavy atom. The first-order chi connectivity index (χ1) is 56.0. The number of carbonyl (C=O) groups excluding carboxylic acids is 4. The van der Waals surface area contributed by atoms with Gasteiger partial charge in [-0.25, -0.2) is 36.7 Å². The molecule has 0 saturated heterocycles. The lowest BCUT2D eigenvalue weighted by atomic mass is 9.92. The van der Waals surface area contributed by atoms with Crippen molar-refractivity contribution in [2.24, 2.45) is 5.41 Å². The Morgan fingerprint density at radius 1 is 0.270 bits per heavy atom. The maximum atomic E-state index is 15.0. The molecule has 0 atom stereocenters. The fourth-order valence-corrected chi connectivity index (χ4v) is 16.6. The molecule has 0 aliphatic carbocycles. The topological polar surface area (TPSA) is 284 Å². The highest BCUT2D eigenvalue weighted by molar-refractivity contribution is 7.26. The van der Waals surface area contributed by atoms with Gasteiger partial charge in [0.05, 0.1) is 151 Å². The molecule has 12 rings (SSSR count). The molecule has 4 heterocycles. The van der Waals surface area contributed by atoms with Gasteiger partial charge in [0.1, 0.15) is 59.5 Å². The van der Waals surface area contributed by atoms with E-state index in [1.165, 1.54) is 46.9 Å². The Morgan fingerprint density at radius 3 is 0.765 bits per heavy atom. The molecule has 12 aromatic rings. The zero-order chi connectivity index (χ0) is 80.5. The SMILES string of the molecule is O=C(COc1ccc(F)c2c(=O)c3ccccc3sc12)OCCCOCCOCC(COCCOCCCOC(=O)COc1ccc(F)c2c(=O)c3ccccc3sc12)(COCCOCCOC(=O)COc1ccc(F)c2c(=O)c3ccccc3sc12)COCCOCCOC(=O)COc1ccc(F)c2c(=O)c3ccccc3sc12. The lowest BCUT2D eigenvalue weighted by Gasteiger charge is -2.33. The predicted octanol–water partition coefficient (Wildman–Crippen LogP) is 12.8. The molecule has 0 saturated carbocycles. The first kappa shape index (κ1) is 84.2. The van der Waals surface area contributed by atoms with Crippen molar-refractivity contribution in [3.05, 3.63) is 210 Å². The average Bonchev–Trinajstić information content (AvgIpc) is 0.780. The zero-order valence-corrected chi connectivity index (χ0v) is 64.9. The van der Waals surface area contributed by atoms with Gasteiger partial charge >= 0.3 is 23.9 Å². The molecule has 0 bridgehead atoms. The van der Waals surface area contributed by atoms with Crippen molar-refractivity contribution in [2.75, 3.05) is 159 Å². The Bertz CT molecular complexity index is 5360. The van der Waals surface area contributed by atoms with Crippen molar-refractivity contribution in [1.29, 1.82) is 0 Å². The van der Waals surface area contributed by atoms with Crippen LogP contribution in [0.4, 0.5) is 17.6 Å². The van der Waals surface area contributed by atoms with Crippen LogP contribution in [0.3, 0.4) is 0 Å². The summed E-state index contributed by atoms with van der Waals surface area (Å²) in [5, 5.41) is 0.900. The van der Waals surface area contributed by atoms with Gasteiger partial charge in [0.2, 0.25) is 0 Å². The molecule has 0 amide bonds. The first-order valence-corrected chi connectivity index (χ1v) is 39.6. The summed E-state index contributed by atoms with van der Waals surface area (Å²) in [4.78, 5) is 104. The van der Waals surface area contributed by atoms with E-state index in [4.69, 9.17) is 75.8 Å². The summed E-state index contributed by atoms with van der Waals surface area (Å²) in [6, 6.07) is 37.1. The maximum absolute atomic E-state index is 15.0. The van der Waals surface area contributed by atoms with Gasteiger partial charge in [0.15, 0.2) is 48.1 Å². The summed E-state index contributed by atoms with van der Waals surface area (Å²) >= 11 is 4.65. The van der Waals surface area contributed by atoms with E-state index < -0.39 is 101 Å². The lowest BCUT2D eigenvalue weighted by Crippen LogP contribution is -2.43. The molecule has 0 aliphatic heterocycles. The van der Waals surface area contributed by atoms with Crippen molar-refractivity contribution in [3.63, 3.8) is 0 Å². The second-order valence-electron chi connectivity index (χ2n) is 25.6. The number of rotatable bonds is 46. The molecule has 24 nitrogen and oxygen atoms in total. The summed E-state index contributed by atoms with van der Waals surface area (Å²) in [6.45, 7) is -1.73. The van der Waals surface area contributed by atoms with Gasteiger partial charge in [0, 0.05) is 66.4 Å². The fourth-order valence-electron chi connectivity index (χ4n) is 11.9. The summed E-state index contributed by atoms with van der Waals surface area (Å²) in [5.74, 6) is -5.13. The van der Waals surface area contributed by atoms with Crippen molar-refractivity contribution < 1.29 is 113 Å². The standard InChI is InChI=1S/C83H76F4O24S4/c84-55-19-23-59(79-71(55)75(92)51-11-1-5-15-63(51)112-79)108-43-67(88)104-29-9-27-96-31-35-100-47-83(49-102-37-33-98-39-41-106-69(90)45-110-61-25-21-57(86)73-77(94)53-13-3-7-17-65(53)114-81(61)73,50-103-38-34-99-40-42-107-70(91)46-111-62-26-22-58(87)74-78(95)54-14-4-8-18-66(54)115-82(62)74)48-101-36-32-97-28-10-30-105-68(89)44-109-60-24-20-56(85)72-76(93)52-12-2-6-16-64(52)113-80(60)72/h1-8,11-26H,9-10,27-50H2. The Hall–Kier alpha value is -10.2. The summed E-state index contributed by atoms with van der Waals surface area (Å²) < 4.78 is 156. The number of esters is 4. The maximum Gasteiger partial charge on any atom is 0.344 e. The van der Waals surface area contributed by atoms with Gasteiger partial charge in [0.25, 0.3) is 0 Å². The lowest BCUT2D eigenvalue weighted by molar-refractivity contribution is -0.148. The van der Waals surface area contributed by atoms with E-state index in [0.29, 0.717) is 53.2 Å². The largest absolute Gasteiger partial charge is 0.480 e. The van der Waals surface area contributed by atoms with Crippen molar-refractivity contribution in [3.8, 4) is 23.0 Å². The molecular formula is C83H76F4O24S4. The predicted molar refractivity (Wildman–Crippen MR) is 426 cm³/mol. The van der Waals surface area contributed by atoms with Gasteiger partial charge in [-0.05, 0) is 97.1 Å². The molecule has 0 fully saturated rings. The Balaban J connectivity index is 0.618. The molecule has 4 aromatic heterocycles. The number of carbonyl (C=O) groups is 4. The second-order valence-corrected chi connectivity index (χ2v) is 29.8. The summed E-state index contributed by atoms with van der Waals surface area (Å²) in [5.41, 5.74) is -3.00. The molecule has 604 valence electrons. The van der Waals surface area contributed by atoms with Crippen LogP contribution in [-0.4, -0.2) is 182 Å². The van der Waals surface area contributed by atoms with Crippen molar-refractivity contribution in [1.82, 2.24) is 0 Å². The third-order valence-corrected chi connectivity index (χ3v) is 22.2. The molecule has 0 spiro atoms. The van der Waals surface area contributed by atoms with Crippen LogP contribution in [0.1, 0.15) is 12.8 Å². The normalized spacial score (nSPS) is 11.7. The van der Waals surface area contributed by atoms with Gasteiger partial charge in [-0.2, -0.15) is 0 Å². The van der Waals surface area contributed by atoms with Crippen LogP contribution in [0, 0.1) is 28.7 Å². The summed E-state index contributed by atoms with van der Waals surface area (Å²) in [6.07, 6.45) is 0.603. The highest BCUT2D eigenvalue weighted by Crippen LogP contribution is 2.38. The van der Waals surface area contributed by atoms with Crippen LogP contribution < -0.4 is 40.7 Å². The first-order valence-electron chi connectivity index (χ1n) is 36.4. The molecular weight excluding hydrogens is 1590 g/mol. The fraction of sp³-hybridized carbons (Fsp3) is 0.325. The van der Waals surface area contributed by atoms with Crippen molar-refractivity contribution >= 4 is 150 Å². The van der Waals surface area contributed by atoms with Crippen molar-refractivity contribution in [2.45, 2.75) is 12.8 Å². The van der Waals surface area contributed by atoms with E-state index in [1.54, 1.807) is 97.1 Å². The smallest absolute Gasteiger partial charge is 0.344 e. The number of halogens is 4. The van der Waals surface area contributed by atoms with Crippen LogP contribution in [-0.2, 0) is 76.0 Å². The Labute approximate surface area is 668 Å². The Kier molecular flexibility index (Phi) is 30.7. The quantitative estimate of drug-likeness (QED) is 0.0113. The summed E-state index contributed by atoms with van der Waals surface area (Å²) in [7, 11) is 0. The number of benzene rings is 8. The van der Waals surface area contributed by atoms with Gasteiger partial charge < -0.3 is 75.8 Å². The van der Waals surface area contributed by atoms with Crippen LogP contribution in [0.2, 0.25) is 0 Å². The van der Waals surface area contributed by atoms with E-state index in [0.717, 1.165) is 46.9 Å².